The number of ether oxygens (including phenoxy) is 5. The Morgan fingerprint density at radius 3 is 2.31 bits per heavy atom. The molecule has 328 valence electrons. The number of aliphatic hydroxyl groups excluding tert-OH is 2. The van der Waals surface area contributed by atoms with Gasteiger partial charge >= 0.3 is 0 Å². The molecule has 0 spiro atoms. The van der Waals surface area contributed by atoms with Gasteiger partial charge in [0.25, 0.3) is 0 Å². The summed E-state index contributed by atoms with van der Waals surface area (Å²) in [6.07, 6.45) is 10.1. The second-order valence-electron chi connectivity index (χ2n) is 22.0. The van der Waals surface area contributed by atoms with Gasteiger partial charge in [-0.1, -0.05) is 78.8 Å². The number of allylic oxidation sites excluding steroid dienone is 2. The first kappa shape index (κ1) is 44.5. The van der Waals surface area contributed by atoms with Gasteiger partial charge in [-0.05, 0) is 137 Å². The van der Waals surface area contributed by atoms with E-state index in [9.17, 15) is 10.2 Å². The maximum Gasteiger partial charge on any atom is 0.163 e. The van der Waals surface area contributed by atoms with Crippen LogP contribution in [0.1, 0.15) is 146 Å². The molecule has 4 fully saturated rings. The first-order valence-electron chi connectivity index (χ1n) is 22.3. The van der Waals surface area contributed by atoms with Crippen molar-refractivity contribution in [1.82, 2.24) is 15.0 Å². The molecule has 0 amide bonds. The molecule has 0 bridgehead atoms. The molecule has 5 aliphatic rings. The molecule has 2 aliphatic heterocycles. The molecule has 1 aromatic heterocycles. The van der Waals surface area contributed by atoms with E-state index in [1.54, 1.807) is 16.8 Å². The zero-order valence-electron chi connectivity index (χ0n) is 38.5. The molecular weight excluding hydrogens is 743 g/mol. The van der Waals surface area contributed by atoms with Crippen molar-refractivity contribution in [3.63, 3.8) is 0 Å². The average molecular weight is 818 g/mol. The molecule has 2 saturated heterocycles. The number of rotatable bonds is 11. The summed E-state index contributed by atoms with van der Waals surface area (Å²) in [5.74, 6) is -0.462. The van der Waals surface area contributed by atoms with E-state index in [4.69, 9.17) is 23.7 Å². The third kappa shape index (κ3) is 7.47. The van der Waals surface area contributed by atoms with Crippen LogP contribution in [0.2, 0.25) is 0 Å². The SMILES string of the molecule is C=C(O)c1ccc(-n2cc(COC[C@]3(C)[C@@H](C[C@]4(C)C(C)=CCC5[C@@]6(C)CC[C@@H]7OC(C)(C)OC[C@]7(C)C6CC[C@]54C)OC(C)(C)O[C@H]3[C@H](O)C(C)(C)CC)nn2)cc1. The molecule has 11 atom stereocenters. The summed E-state index contributed by atoms with van der Waals surface area (Å²) in [6.45, 7) is 34.1. The van der Waals surface area contributed by atoms with E-state index in [-0.39, 0.29) is 46.2 Å². The van der Waals surface area contributed by atoms with Crippen molar-refractivity contribution in [2.75, 3.05) is 13.2 Å². The Kier molecular flexibility index (Phi) is 11.3. The van der Waals surface area contributed by atoms with Gasteiger partial charge in [-0.15, -0.1) is 5.10 Å². The minimum absolute atomic E-state index is 0.00142. The van der Waals surface area contributed by atoms with Gasteiger partial charge < -0.3 is 33.9 Å². The minimum Gasteiger partial charge on any atom is -0.508 e. The Morgan fingerprint density at radius 1 is 0.949 bits per heavy atom. The van der Waals surface area contributed by atoms with E-state index >= 15 is 0 Å². The van der Waals surface area contributed by atoms with Crippen LogP contribution in [0.5, 0.6) is 0 Å². The fraction of sp³-hybridized carbons (Fsp3) is 0.755. The lowest BCUT2D eigenvalue weighted by Gasteiger charge is -2.70. The topological polar surface area (TPSA) is 117 Å². The number of nitrogens with zero attached hydrogens (tertiary/aromatic N) is 3. The van der Waals surface area contributed by atoms with Crippen LogP contribution in [0, 0.1) is 44.3 Å². The minimum atomic E-state index is -0.922. The summed E-state index contributed by atoms with van der Waals surface area (Å²) in [5.41, 5.74) is 2.36. The standard InChI is InChI=1S/C49H75N3O7/c1-15-42(4,5)40(54)41-47(12,29-55-28-34-27-52(51-50-34)35-19-17-33(18-20-35)32(3)53)39(58-44(8,9)59-41)26-49(14)31(2)16-21-37-45(10)24-23-38-46(11,30-56-43(6,7)57-38)36(45)22-25-48(37,49)13/h16-20,27,36-41,53-54H,3,15,21-26,28-30H2,1-2,4-14H3/t36?,37?,38-,39+,40-,41-,45-,46+,47+,48+,49+/m0/s1. The third-order valence-corrected chi connectivity index (χ3v) is 17.2. The van der Waals surface area contributed by atoms with E-state index in [1.165, 1.54) is 5.57 Å². The molecule has 3 aliphatic carbocycles. The molecule has 59 heavy (non-hydrogen) atoms. The molecule has 3 heterocycles. The largest absolute Gasteiger partial charge is 0.508 e. The first-order valence-corrected chi connectivity index (χ1v) is 22.3. The normalized spacial score (nSPS) is 39.6. The summed E-state index contributed by atoms with van der Waals surface area (Å²) >= 11 is 0. The maximum absolute atomic E-state index is 12.3. The second kappa shape index (κ2) is 15.0. The Bertz CT molecular complexity index is 1900. The smallest absolute Gasteiger partial charge is 0.163 e. The van der Waals surface area contributed by atoms with Crippen molar-refractivity contribution < 1.29 is 33.9 Å². The van der Waals surface area contributed by atoms with E-state index in [2.05, 4.69) is 99.1 Å². The first-order chi connectivity index (χ1) is 27.3. The monoisotopic (exact) mass is 818 g/mol. The lowest BCUT2D eigenvalue weighted by Crippen LogP contribution is -2.68. The molecule has 10 heteroatoms. The van der Waals surface area contributed by atoms with Gasteiger partial charge in [0.1, 0.15) is 11.5 Å². The van der Waals surface area contributed by atoms with Gasteiger partial charge in [0.05, 0.1) is 56.1 Å². The van der Waals surface area contributed by atoms with Gasteiger partial charge in [0.15, 0.2) is 11.6 Å². The van der Waals surface area contributed by atoms with Crippen molar-refractivity contribution in [1.29, 1.82) is 0 Å². The lowest BCUT2D eigenvalue weighted by atomic mass is 9.36. The molecule has 2 unspecified atom stereocenters. The van der Waals surface area contributed by atoms with Crippen molar-refractivity contribution in [3.05, 3.63) is 59.9 Å². The number of benzene rings is 1. The van der Waals surface area contributed by atoms with Crippen LogP contribution in [-0.2, 0) is 30.3 Å². The van der Waals surface area contributed by atoms with E-state index in [0.717, 1.165) is 57.2 Å². The highest BCUT2D eigenvalue weighted by atomic mass is 16.7. The Labute approximate surface area is 354 Å². The van der Waals surface area contributed by atoms with Crippen LogP contribution in [0.4, 0.5) is 0 Å². The zero-order valence-corrected chi connectivity index (χ0v) is 38.5. The van der Waals surface area contributed by atoms with Crippen LogP contribution < -0.4 is 0 Å². The summed E-state index contributed by atoms with van der Waals surface area (Å²) in [5, 5.41) is 30.9. The third-order valence-electron chi connectivity index (χ3n) is 17.2. The van der Waals surface area contributed by atoms with Gasteiger partial charge in [-0.25, -0.2) is 4.68 Å². The fourth-order valence-corrected chi connectivity index (χ4v) is 12.7. The Morgan fingerprint density at radius 2 is 1.64 bits per heavy atom. The summed E-state index contributed by atoms with van der Waals surface area (Å²) in [7, 11) is 0. The number of hydrogen-bond donors (Lipinski definition) is 2. The van der Waals surface area contributed by atoms with Crippen molar-refractivity contribution in [2.24, 2.45) is 44.3 Å². The van der Waals surface area contributed by atoms with Gasteiger partial charge in [-0.2, -0.15) is 0 Å². The molecular formula is C49H75N3O7. The van der Waals surface area contributed by atoms with Crippen LogP contribution in [0.25, 0.3) is 11.4 Å². The summed E-state index contributed by atoms with van der Waals surface area (Å²) in [4.78, 5) is 0. The molecule has 1 aromatic carbocycles. The van der Waals surface area contributed by atoms with Gasteiger partial charge in [0.2, 0.25) is 0 Å². The molecule has 2 aromatic rings. The molecule has 2 N–H and O–H groups in total. The average Bonchev–Trinajstić information content (AvgIpc) is 3.64. The Hall–Kier alpha value is -2.60. The highest BCUT2D eigenvalue weighted by molar-refractivity contribution is 5.57. The lowest BCUT2D eigenvalue weighted by molar-refractivity contribution is -0.375. The molecule has 10 nitrogen and oxygen atoms in total. The number of hydrogen-bond acceptors (Lipinski definition) is 9. The van der Waals surface area contributed by atoms with E-state index in [0.29, 0.717) is 29.7 Å². The van der Waals surface area contributed by atoms with Crippen LogP contribution in [0.15, 0.2) is 48.7 Å². The summed E-state index contributed by atoms with van der Waals surface area (Å²) < 4.78 is 35.5. The molecule has 2 saturated carbocycles. The fourth-order valence-electron chi connectivity index (χ4n) is 12.7. The van der Waals surface area contributed by atoms with Crippen molar-refractivity contribution in [3.8, 4) is 5.69 Å². The predicted molar refractivity (Wildman–Crippen MR) is 230 cm³/mol. The van der Waals surface area contributed by atoms with Crippen LogP contribution in [0.3, 0.4) is 0 Å². The second-order valence-corrected chi connectivity index (χ2v) is 22.0. The summed E-state index contributed by atoms with van der Waals surface area (Å²) in [6, 6.07) is 7.34. The van der Waals surface area contributed by atoms with Crippen LogP contribution in [-0.4, -0.2) is 74.4 Å². The van der Waals surface area contributed by atoms with Gasteiger partial charge in [0, 0.05) is 16.4 Å². The molecule has 0 radical (unpaired) electrons. The van der Waals surface area contributed by atoms with Gasteiger partial charge in [-0.3, -0.25) is 0 Å². The van der Waals surface area contributed by atoms with E-state index in [1.807, 2.05) is 32.2 Å². The molecule has 7 rings (SSSR count). The highest BCUT2D eigenvalue weighted by Crippen LogP contribution is 2.73. The van der Waals surface area contributed by atoms with Crippen molar-refractivity contribution >= 4 is 5.76 Å². The number of aliphatic hydroxyl groups is 2. The zero-order chi connectivity index (χ0) is 43.2. The maximum atomic E-state index is 12.3. The van der Waals surface area contributed by atoms with Crippen molar-refractivity contribution in [2.45, 2.75) is 178 Å². The predicted octanol–water partition coefficient (Wildman–Crippen LogP) is 10.4. The van der Waals surface area contributed by atoms with E-state index < -0.39 is 34.6 Å². The van der Waals surface area contributed by atoms with Crippen LogP contribution >= 0.6 is 0 Å². The number of aromatic nitrogens is 3. The highest BCUT2D eigenvalue weighted by Gasteiger charge is 2.68. The Balaban J connectivity index is 1.19. The quantitative estimate of drug-likeness (QED) is 0.169. The number of fused-ring (bicyclic) bond motifs is 5.